The third kappa shape index (κ3) is 3.53. The molecule has 0 radical (unpaired) electrons. The Morgan fingerprint density at radius 2 is 1.52 bits per heavy atom. The molecule has 0 fully saturated rings. The van der Waals surface area contributed by atoms with E-state index in [-0.39, 0.29) is 10.8 Å². The molecule has 3 aromatic rings. The Morgan fingerprint density at radius 1 is 0.926 bits per heavy atom. The Hall–Kier alpha value is -2.49. The van der Waals surface area contributed by atoms with E-state index in [2.05, 4.69) is 46.4 Å². The molecule has 1 heterocycles. The first-order valence-electron chi connectivity index (χ1n) is 9.35. The second-order valence-corrected chi connectivity index (χ2v) is 9.45. The van der Waals surface area contributed by atoms with Gasteiger partial charge in [0.05, 0.1) is 0 Å². The molecule has 1 N–H and O–H groups in total. The summed E-state index contributed by atoms with van der Waals surface area (Å²) in [6.45, 7) is 12.6. The van der Waals surface area contributed by atoms with E-state index in [1.807, 2.05) is 44.4 Å². The molecule has 0 unspecified atom stereocenters. The number of phenols is 1. The molecular weight excluding hydrogens is 336 g/mol. The van der Waals surface area contributed by atoms with E-state index < -0.39 is 0 Å². The molecule has 4 nitrogen and oxygen atoms in total. The highest BCUT2D eigenvalue weighted by atomic mass is 16.3. The lowest BCUT2D eigenvalue weighted by Gasteiger charge is -2.27. The molecule has 2 aromatic carbocycles. The van der Waals surface area contributed by atoms with E-state index in [9.17, 15) is 5.11 Å². The Labute approximate surface area is 161 Å². The molecule has 3 rings (SSSR count). The molecule has 1 aromatic heterocycles. The molecule has 0 atom stereocenters. The lowest BCUT2D eigenvalue weighted by molar-refractivity contribution is 0.425. The molecule has 0 saturated heterocycles. The van der Waals surface area contributed by atoms with Crippen LogP contribution in [0.25, 0.3) is 22.6 Å². The van der Waals surface area contributed by atoms with E-state index in [0.29, 0.717) is 17.2 Å². The number of anilines is 1. The van der Waals surface area contributed by atoms with Gasteiger partial charge in [-0.2, -0.15) is 0 Å². The molecule has 0 amide bonds. The monoisotopic (exact) mass is 366 g/mol. The molecule has 0 aliphatic carbocycles. The van der Waals surface area contributed by atoms with Crippen LogP contribution < -0.4 is 4.90 Å². The van der Waals surface area contributed by atoms with Gasteiger partial charge in [0.2, 0.25) is 5.89 Å². The Balaban J connectivity index is 2.25. The van der Waals surface area contributed by atoms with Crippen LogP contribution in [0, 0.1) is 0 Å². The van der Waals surface area contributed by atoms with Crippen molar-refractivity contribution in [3.8, 4) is 17.2 Å². The van der Waals surface area contributed by atoms with Crippen molar-refractivity contribution in [3.05, 3.63) is 41.5 Å². The van der Waals surface area contributed by atoms with Crippen LogP contribution in [0.5, 0.6) is 5.75 Å². The standard InChI is InChI=1S/C23H30N2O2/c1-22(2,3)16-13-17-19(18(20(16)26)23(4,5)6)24-21(27-17)14-9-11-15(12-10-14)25(7)8/h9-13,26H,1-8H3. The number of nitrogens with zero attached hydrogens (tertiary/aromatic N) is 2. The van der Waals surface area contributed by atoms with Crippen LogP contribution in [-0.4, -0.2) is 24.2 Å². The van der Waals surface area contributed by atoms with E-state index >= 15 is 0 Å². The lowest BCUT2D eigenvalue weighted by atomic mass is 9.79. The first kappa shape index (κ1) is 19.3. The zero-order chi connectivity index (χ0) is 20.1. The number of rotatable bonds is 2. The van der Waals surface area contributed by atoms with E-state index in [4.69, 9.17) is 9.40 Å². The van der Waals surface area contributed by atoms with Crippen molar-refractivity contribution in [2.75, 3.05) is 19.0 Å². The van der Waals surface area contributed by atoms with E-state index in [0.717, 1.165) is 27.9 Å². The van der Waals surface area contributed by atoms with Gasteiger partial charge in [0, 0.05) is 36.5 Å². The summed E-state index contributed by atoms with van der Waals surface area (Å²) in [6, 6.07) is 10.1. The van der Waals surface area contributed by atoms with Gasteiger partial charge in [-0.25, -0.2) is 4.98 Å². The van der Waals surface area contributed by atoms with Gasteiger partial charge in [-0.3, -0.25) is 0 Å². The normalized spacial score (nSPS) is 12.6. The summed E-state index contributed by atoms with van der Waals surface area (Å²) in [6.07, 6.45) is 0. The maximum atomic E-state index is 11.0. The summed E-state index contributed by atoms with van der Waals surface area (Å²) in [5.41, 5.74) is 4.77. The molecule has 0 aliphatic rings. The van der Waals surface area contributed by atoms with Crippen LogP contribution in [0.1, 0.15) is 52.7 Å². The van der Waals surface area contributed by atoms with Crippen molar-refractivity contribution in [2.45, 2.75) is 52.4 Å². The topological polar surface area (TPSA) is 49.5 Å². The average Bonchev–Trinajstić information content (AvgIpc) is 2.95. The lowest BCUT2D eigenvalue weighted by Crippen LogP contribution is -2.17. The van der Waals surface area contributed by atoms with Crippen molar-refractivity contribution in [1.29, 1.82) is 0 Å². The van der Waals surface area contributed by atoms with Crippen LogP contribution in [0.4, 0.5) is 5.69 Å². The summed E-state index contributed by atoms with van der Waals surface area (Å²) in [7, 11) is 4.03. The average molecular weight is 367 g/mol. The van der Waals surface area contributed by atoms with Crippen LogP contribution in [0.3, 0.4) is 0 Å². The van der Waals surface area contributed by atoms with Gasteiger partial charge in [0.15, 0.2) is 5.58 Å². The number of oxazole rings is 1. The fourth-order valence-electron chi connectivity index (χ4n) is 3.36. The van der Waals surface area contributed by atoms with E-state index in [1.54, 1.807) is 0 Å². The fourth-order valence-corrected chi connectivity index (χ4v) is 3.36. The van der Waals surface area contributed by atoms with Crippen LogP contribution in [0.2, 0.25) is 0 Å². The number of fused-ring (bicyclic) bond motifs is 1. The molecule has 0 saturated carbocycles. The van der Waals surface area contributed by atoms with Crippen molar-refractivity contribution in [3.63, 3.8) is 0 Å². The SMILES string of the molecule is CN(C)c1ccc(-c2nc3c(C(C)(C)C)c(O)c(C(C)(C)C)cc3o2)cc1. The molecular formula is C23H30N2O2. The van der Waals surface area contributed by atoms with Crippen molar-refractivity contribution in [1.82, 2.24) is 4.98 Å². The van der Waals surface area contributed by atoms with Gasteiger partial charge in [-0.15, -0.1) is 0 Å². The van der Waals surface area contributed by atoms with Crippen LogP contribution in [0.15, 0.2) is 34.7 Å². The highest BCUT2D eigenvalue weighted by Crippen LogP contribution is 2.44. The molecule has 27 heavy (non-hydrogen) atoms. The molecule has 0 bridgehead atoms. The summed E-state index contributed by atoms with van der Waals surface area (Å²) in [5, 5.41) is 11.0. The highest BCUT2D eigenvalue weighted by Gasteiger charge is 2.30. The highest BCUT2D eigenvalue weighted by molar-refractivity contribution is 5.85. The predicted molar refractivity (Wildman–Crippen MR) is 113 cm³/mol. The Bertz CT molecular complexity index is 969. The Morgan fingerprint density at radius 3 is 2.00 bits per heavy atom. The van der Waals surface area contributed by atoms with Gasteiger partial charge in [-0.1, -0.05) is 41.5 Å². The largest absolute Gasteiger partial charge is 0.507 e. The number of hydrogen-bond donors (Lipinski definition) is 1. The van der Waals surface area contributed by atoms with Gasteiger partial charge >= 0.3 is 0 Å². The second kappa shape index (κ2) is 6.29. The number of benzene rings is 2. The third-order valence-electron chi connectivity index (χ3n) is 4.85. The smallest absolute Gasteiger partial charge is 0.227 e. The number of phenolic OH excluding ortho intramolecular Hbond substituents is 1. The zero-order valence-electron chi connectivity index (χ0n) is 17.6. The van der Waals surface area contributed by atoms with Crippen molar-refractivity contribution in [2.24, 2.45) is 0 Å². The Kier molecular flexibility index (Phi) is 4.49. The van der Waals surface area contributed by atoms with Gasteiger partial charge < -0.3 is 14.4 Å². The second-order valence-electron chi connectivity index (χ2n) is 9.45. The van der Waals surface area contributed by atoms with Gasteiger partial charge in [0.1, 0.15) is 11.3 Å². The minimum atomic E-state index is -0.257. The maximum Gasteiger partial charge on any atom is 0.227 e. The first-order valence-corrected chi connectivity index (χ1v) is 9.35. The summed E-state index contributed by atoms with van der Waals surface area (Å²) >= 11 is 0. The summed E-state index contributed by atoms with van der Waals surface area (Å²) < 4.78 is 6.15. The molecule has 144 valence electrons. The minimum absolute atomic E-state index is 0.196. The van der Waals surface area contributed by atoms with Crippen molar-refractivity contribution >= 4 is 16.8 Å². The zero-order valence-corrected chi connectivity index (χ0v) is 17.6. The van der Waals surface area contributed by atoms with Gasteiger partial charge in [0.25, 0.3) is 0 Å². The number of hydrogen-bond acceptors (Lipinski definition) is 4. The maximum absolute atomic E-state index is 11.0. The molecule has 0 aliphatic heterocycles. The minimum Gasteiger partial charge on any atom is -0.507 e. The van der Waals surface area contributed by atoms with Crippen molar-refractivity contribution < 1.29 is 9.52 Å². The number of aromatic hydroxyl groups is 1. The van der Waals surface area contributed by atoms with E-state index in [1.165, 1.54) is 0 Å². The van der Waals surface area contributed by atoms with Crippen LogP contribution >= 0.6 is 0 Å². The quantitative estimate of drug-likeness (QED) is 0.617. The molecule has 4 heteroatoms. The third-order valence-corrected chi connectivity index (χ3v) is 4.85. The number of aromatic nitrogens is 1. The van der Waals surface area contributed by atoms with Crippen LogP contribution in [-0.2, 0) is 10.8 Å². The molecule has 0 spiro atoms. The first-order chi connectivity index (χ1) is 12.4. The summed E-state index contributed by atoms with van der Waals surface area (Å²) in [4.78, 5) is 6.82. The fraction of sp³-hybridized carbons (Fsp3) is 0.435. The van der Waals surface area contributed by atoms with Gasteiger partial charge in [-0.05, 0) is 41.2 Å². The predicted octanol–water partition coefficient (Wildman–Crippen LogP) is 5.86. The summed E-state index contributed by atoms with van der Waals surface area (Å²) in [5.74, 6) is 0.900.